The molecule has 0 fully saturated rings. The summed E-state index contributed by atoms with van der Waals surface area (Å²) < 4.78 is 0. The summed E-state index contributed by atoms with van der Waals surface area (Å²) in [6.45, 7) is 4.76. The summed E-state index contributed by atoms with van der Waals surface area (Å²) in [5.74, 6) is 0. The van der Waals surface area contributed by atoms with Crippen LogP contribution in [0.2, 0.25) is 0 Å². The van der Waals surface area contributed by atoms with E-state index in [9.17, 15) is 10.1 Å². The molecule has 0 aromatic rings. The first-order valence-electron chi connectivity index (χ1n) is 3.51. The summed E-state index contributed by atoms with van der Waals surface area (Å²) in [7, 11) is 1.90. The quantitative estimate of drug-likeness (QED) is 0.437. The standard InChI is InChI=1S/C6H14N2O3/c1-6(2)7(3)4-5-11-8(9)10/h6H,4-5H2,1-3H3. The SMILES string of the molecule is CC(C)N(C)CCO[N+](=O)[O-]. The molecule has 11 heavy (non-hydrogen) atoms. The molecule has 0 bridgehead atoms. The Kier molecular flexibility index (Phi) is 4.52. The first-order chi connectivity index (χ1) is 5.04. The average molecular weight is 162 g/mol. The van der Waals surface area contributed by atoms with Gasteiger partial charge in [-0.05, 0) is 20.9 Å². The van der Waals surface area contributed by atoms with Gasteiger partial charge < -0.3 is 9.74 Å². The Morgan fingerprint density at radius 2 is 2.18 bits per heavy atom. The Hall–Kier alpha value is -0.840. The van der Waals surface area contributed by atoms with Gasteiger partial charge in [-0.25, -0.2) is 0 Å². The summed E-state index contributed by atoms with van der Waals surface area (Å²) in [5, 5.41) is 8.95. The van der Waals surface area contributed by atoms with Crippen molar-refractivity contribution in [3.8, 4) is 0 Å². The predicted molar refractivity (Wildman–Crippen MR) is 40.7 cm³/mol. The van der Waals surface area contributed by atoms with E-state index in [-0.39, 0.29) is 6.61 Å². The summed E-state index contributed by atoms with van der Waals surface area (Å²) >= 11 is 0. The van der Waals surface area contributed by atoms with Gasteiger partial charge in [0.2, 0.25) is 0 Å². The van der Waals surface area contributed by atoms with Gasteiger partial charge in [0.25, 0.3) is 5.09 Å². The first kappa shape index (κ1) is 10.2. The molecule has 0 aromatic heterocycles. The highest BCUT2D eigenvalue weighted by molar-refractivity contribution is 4.54. The van der Waals surface area contributed by atoms with E-state index in [0.29, 0.717) is 12.6 Å². The molecule has 0 N–H and O–H groups in total. The number of hydrogen-bond donors (Lipinski definition) is 0. The summed E-state index contributed by atoms with van der Waals surface area (Å²) in [5.41, 5.74) is 0. The van der Waals surface area contributed by atoms with E-state index in [4.69, 9.17) is 0 Å². The molecule has 0 saturated heterocycles. The minimum atomic E-state index is -0.770. The van der Waals surface area contributed by atoms with Crippen LogP contribution in [0, 0.1) is 10.1 Å². The van der Waals surface area contributed by atoms with Crippen molar-refractivity contribution in [3.63, 3.8) is 0 Å². The highest BCUT2D eigenvalue weighted by Gasteiger charge is 2.03. The largest absolute Gasteiger partial charge is 0.313 e. The predicted octanol–water partition coefficient (Wildman–Crippen LogP) is 0.535. The molecular weight excluding hydrogens is 148 g/mol. The van der Waals surface area contributed by atoms with E-state index < -0.39 is 5.09 Å². The van der Waals surface area contributed by atoms with Gasteiger partial charge in [0, 0.05) is 12.6 Å². The molecule has 0 unspecified atom stereocenters. The lowest BCUT2D eigenvalue weighted by atomic mass is 10.3. The molecule has 0 radical (unpaired) electrons. The summed E-state index contributed by atoms with van der Waals surface area (Å²) in [6, 6.07) is 0.394. The zero-order chi connectivity index (χ0) is 8.85. The highest BCUT2D eigenvalue weighted by atomic mass is 16.9. The van der Waals surface area contributed by atoms with E-state index in [0.717, 1.165) is 0 Å². The Morgan fingerprint density at radius 1 is 1.64 bits per heavy atom. The molecule has 0 atom stereocenters. The third-order valence-corrected chi connectivity index (χ3v) is 1.52. The molecule has 0 rings (SSSR count). The molecule has 5 nitrogen and oxygen atoms in total. The molecule has 0 spiro atoms. The number of likely N-dealkylation sites (N-methyl/N-ethyl adjacent to an activating group) is 1. The van der Waals surface area contributed by atoms with Crippen LogP contribution in [0.15, 0.2) is 0 Å². The summed E-state index contributed by atoms with van der Waals surface area (Å²) in [6.07, 6.45) is 0. The van der Waals surface area contributed by atoms with Crippen molar-refractivity contribution in [1.29, 1.82) is 0 Å². The molecule has 0 aliphatic heterocycles. The number of nitrogens with zero attached hydrogens (tertiary/aromatic N) is 2. The molecule has 5 heteroatoms. The van der Waals surface area contributed by atoms with Gasteiger partial charge in [0.15, 0.2) is 0 Å². The van der Waals surface area contributed by atoms with Crippen LogP contribution in [0.3, 0.4) is 0 Å². The van der Waals surface area contributed by atoms with Crippen molar-refractivity contribution in [1.82, 2.24) is 4.90 Å². The van der Waals surface area contributed by atoms with E-state index in [1.165, 1.54) is 0 Å². The van der Waals surface area contributed by atoms with Crippen LogP contribution in [-0.2, 0) is 4.84 Å². The van der Waals surface area contributed by atoms with Gasteiger partial charge in [-0.1, -0.05) is 0 Å². The Bertz CT molecular complexity index is 127. The van der Waals surface area contributed by atoms with E-state index in [2.05, 4.69) is 4.84 Å². The fourth-order valence-corrected chi connectivity index (χ4v) is 0.518. The van der Waals surface area contributed by atoms with Crippen molar-refractivity contribution in [2.45, 2.75) is 19.9 Å². The normalized spacial score (nSPS) is 10.6. The first-order valence-corrected chi connectivity index (χ1v) is 3.51. The van der Waals surface area contributed by atoms with E-state index in [1.54, 1.807) is 0 Å². The smallest absolute Gasteiger partial charge is 0.294 e. The molecule has 0 heterocycles. The van der Waals surface area contributed by atoms with Crippen molar-refractivity contribution in [3.05, 3.63) is 10.1 Å². The zero-order valence-corrected chi connectivity index (χ0v) is 7.11. The lowest BCUT2D eigenvalue weighted by molar-refractivity contribution is -0.757. The van der Waals surface area contributed by atoms with Crippen LogP contribution in [0.25, 0.3) is 0 Å². The van der Waals surface area contributed by atoms with Crippen LogP contribution in [0.5, 0.6) is 0 Å². The summed E-state index contributed by atoms with van der Waals surface area (Å²) in [4.78, 5) is 15.8. The average Bonchev–Trinajstić information content (AvgIpc) is 1.86. The molecule has 0 aliphatic rings. The Morgan fingerprint density at radius 3 is 2.55 bits per heavy atom. The van der Waals surface area contributed by atoms with Crippen LogP contribution in [0.1, 0.15) is 13.8 Å². The minimum absolute atomic E-state index is 0.141. The van der Waals surface area contributed by atoms with Crippen molar-refractivity contribution < 1.29 is 9.92 Å². The fourth-order valence-electron chi connectivity index (χ4n) is 0.518. The molecule has 0 aromatic carbocycles. The Labute approximate surface area is 66.0 Å². The lowest BCUT2D eigenvalue weighted by Crippen LogP contribution is -2.30. The molecule has 0 amide bonds. The van der Waals surface area contributed by atoms with Crippen LogP contribution < -0.4 is 0 Å². The van der Waals surface area contributed by atoms with Crippen molar-refractivity contribution in [2.75, 3.05) is 20.2 Å². The second-order valence-corrected chi connectivity index (χ2v) is 2.63. The third kappa shape index (κ3) is 5.60. The topological polar surface area (TPSA) is 55.6 Å². The second kappa shape index (κ2) is 4.90. The molecule has 0 saturated carbocycles. The van der Waals surface area contributed by atoms with Gasteiger partial charge in [-0.15, -0.1) is 10.1 Å². The zero-order valence-electron chi connectivity index (χ0n) is 7.11. The number of hydrogen-bond acceptors (Lipinski definition) is 4. The maximum Gasteiger partial charge on any atom is 0.294 e. The third-order valence-electron chi connectivity index (χ3n) is 1.52. The van der Waals surface area contributed by atoms with Crippen molar-refractivity contribution >= 4 is 0 Å². The minimum Gasteiger partial charge on any atom is -0.313 e. The van der Waals surface area contributed by atoms with Gasteiger partial charge >= 0.3 is 0 Å². The maximum atomic E-state index is 9.72. The van der Waals surface area contributed by atoms with E-state index >= 15 is 0 Å². The van der Waals surface area contributed by atoms with Crippen LogP contribution >= 0.6 is 0 Å². The van der Waals surface area contributed by atoms with Crippen molar-refractivity contribution in [2.24, 2.45) is 0 Å². The second-order valence-electron chi connectivity index (χ2n) is 2.63. The van der Waals surface area contributed by atoms with Gasteiger partial charge in [-0.2, -0.15) is 0 Å². The Balaban J connectivity index is 3.31. The monoisotopic (exact) mass is 162 g/mol. The number of rotatable bonds is 5. The molecule has 0 aliphatic carbocycles. The van der Waals surface area contributed by atoms with Crippen LogP contribution in [0.4, 0.5) is 0 Å². The highest BCUT2D eigenvalue weighted by Crippen LogP contribution is 1.91. The molecular formula is C6H14N2O3. The maximum absolute atomic E-state index is 9.72. The van der Waals surface area contributed by atoms with Crippen LogP contribution in [-0.4, -0.2) is 36.2 Å². The molecule has 66 valence electrons. The fraction of sp³-hybridized carbons (Fsp3) is 1.00. The van der Waals surface area contributed by atoms with Gasteiger partial charge in [0.1, 0.15) is 6.61 Å². The van der Waals surface area contributed by atoms with Gasteiger partial charge in [-0.3, -0.25) is 0 Å². The van der Waals surface area contributed by atoms with E-state index in [1.807, 2.05) is 25.8 Å². The van der Waals surface area contributed by atoms with Gasteiger partial charge in [0.05, 0.1) is 0 Å². The lowest BCUT2D eigenvalue weighted by Gasteiger charge is -2.19.